The molecule has 230 valence electrons. The van der Waals surface area contributed by atoms with Gasteiger partial charge in [-0.15, -0.1) is 0 Å². The highest BCUT2D eigenvalue weighted by molar-refractivity contribution is 5.85. The lowest BCUT2D eigenvalue weighted by Gasteiger charge is -2.42. The number of carbonyl (C=O) groups is 4. The van der Waals surface area contributed by atoms with Crippen molar-refractivity contribution in [3.63, 3.8) is 0 Å². The Morgan fingerprint density at radius 2 is 1.62 bits per heavy atom. The third kappa shape index (κ3) is 10.2. The number of rotatable bonds is 9. The number of hydrazine groups is 1. The average molecular weight is 573 g/mol. The van der Waals surface area contributed by atoms with Gasteiger partial charge < -0.3 is 29.4 Å². The van der Waals surface area contributed by atoms with E-state index >= 15 is 0 Å². The molecule has 1 fully saturated rings. The minimum absolute atomic E-state index is 0.0472. The first-order chi connectivity index (χ1) is 18.3. The minimum Gasteiger partial charge on any atom is -0.469 e. The molecule has 40 heavy (non-hydrogen) atoms. The van der Waals surface area contributed by atoms with Gasteiger partial charge in [-0.2, -0.15) is 5.01 Å². The number of nitrogens with zero attached hydrogens (tertiary/aromatic N) is 2. The average Bonchev–Trinajstić information content (AvgIpc) is 3.12. The molecule has 0 heterocycles. The molecule has 0 aromatic rings. The monoisotopic (exact) mass is 572 g/mol. The second-order valence-electron chi connectivity index (χ2n) is 12.2. The molecule has 0 aromatic carbocycles. The minimum atomic E-state index is -1.26. The first-order valence-corrected chi connectivity index (χ1v) is 13.4. The molecule has 0 saturated heterocycles. The summed E-state index contributed by atoms with van der Waals surface area (Å²) in [6.07, 6.45) is -0.779. The molecule has 13 nitrogen and oxygen atoms in total. The van der Waals surface area contributed by atoms with E-state index in [0.29, 0.717) is 12.8 Å². The summed E-state index contributed by atoms with van der Waals surface area (Å²) in [7, 11) is 2.73. The SMILES string of the molecule is CCC[C@](C)(OC)[C@H](NC(C)=O)[C@@H]1[C@H](O)[C@@H](C(=O)OC)C[C@H]1N=CN(NC(=O)OC(C)(C)C)C(=O)OC(C)(C)C. The number of hydrogen-bond acceptors (Lipinski definition) is 10. The van der Waals surface area contributed by atoms with E-state index in [1.165, 1.54) is 21.1 Å². The highest BCUT2D eigenvalue weighted by Gasteiger charge is 2.54. The fourth-order valence-corrected chi connectivity index (χ4v) is 4.76. The number of amides is 3. The number of aliphatic imine (C=N–C) groups is 1. The van der Waals surface area contributed by atoms with E-state index in [0.717, 1.165) is 11.3 Å². The molecular formula is C27H48N4O9. The number of esters is 1. The van der Waals surface area contributed by atoms with Gasteiger partial charge in [-0.3, -0.25) is 14.6 Å². The molecule has 0 spiro atoms. The van der Waals surface area contributed by atoms with E-state index in [1.807, 2.05) is 13.8 Å². The highest BCUT2D eigenvalue weighted by Crippen LogP contribution is 2.41. The van der Waals surface area contributed by atoms with Crippen molar-refractivity contribution in [2.75, 3.05) is 14.2 Å². The third-order valence-electron chi connectivity index (χ3n) is 6.44. The van der Waals surface area contributed by atoms with Crippen LogP contribution >= 0.6 is 0 Å². The summed E-state index contributed by atoms with van der Waals surface area (Å²) < 4.78 is 21.4. The summed E-state index contributed by atoms with van der Waals surface area (Å²) in [4.78, 5) is 54.8. The summed E-state index contributed by atoms with van der Waals surface area (Å²) >= 11 is 0. The summed E-state index contributed by atoms with van der Waals surface area (Å²) in [6.45, 7) is 15.1. The zero-order chi connectivity index (χ0) is 31.1. The van der Waals surface area contributed by atoms with Crippen molar-refractivity contribution in [3.8, 4) is 0 Å². The van der Waals surface area contributed by atoms with Gasteiger partial charge in [0.05, 0.1) is 36.8 Å². The standard InChI is InChI=1S/C27H48N4O9/c1-12-13-27(9,38-11)21(29-16(2)32)19-18(14-17(20(19)33)22(34)37-10)28-15-31(24(36)40-26(6,7)8)30-23(35)39-25(3,4)5/h15,17-21,33H,12-14H2,1-11H3,(H,29,32)(H,30,35)/t17-,18+,19-,20+,21+,27-/m0/s1. The first kappa shape index (κ1) is 35.1. The number of nitrogens with one attached hydrogen (secondary N) is 2. The molecule has 0 radical (unpaired) electrons. The molecule has 13 heteroatoms. The lowest BCUT2D eigenvalue weighted by Crippen LogP contribution is -2.59. The Morgan fingerprint density at radius 3 is 2.08 bits per heavy atom. The topological polar surface area (TPSA) is 165 Å². The van der Waals surface area contributed by atoms with Crippen LogP contribution in [0.4, 0.5) is 9.59 Å². The number of aliphatic hydroxyl groups excluding tert-OH is 1. The summed E-state index contributed by atoms with van der Waals surface area (Å²) in [5, 5.41) is 15.0. The molecule has 3 N–H and O–H groups in total. The molecule has 1 saturated carbocycles. The van der Waals surface area contributed by atoms with Gasteiger partial charge in [0, 0.05) is 20.0 Å². The molecule has 1 rings (SSSR count). The van der Waals surface area contributed by atoms with Gasteiger partial charge in [0.1, 0.15) is 17.5 Å². The fourth-order valence-electron chi connectivity index (χ4n) is 4.76. The van der Waals surface area contributed by atoms with Crippen LogP contribution < -0.4 is 10.7 Å². The lowest BCUT2D eigenvalue weighted by molar-refractivity contribution is -0.149. The Morgan fingerprint density at radius 1 is 1.05 bits per heavy atom. The number of hydrogen-bond donors (Lipinski definition) is 3. The molecule has 3 amide bonds. The first-order valence-electron chi connectivity index (χ1n) is 13.4. The van der Waals surface area contributed by atoms with Crippen LogP contribution in [0.25, 0.3) is 0 Å². The molecule has 0 aliphatic heterocycles. The molecule has 1 aliphatic carbocycles. The van der Waals surface area contributed by atoms with Crippen molar-refractivity contribution < 1.29 is 43.2 Å². The zero-order valence-electron chi connectivity index (χ0n) is 25.7. The second-order valence-corrected chi connectivity index (χ2v) is 12.2. The Bertz CT molecular complexity index is 928. The highest BCUT2D eigenvalue weighted by atomic mass is 16.6. The van der Waals surface area contributed by atoms with Gasteiger partial charge in [-0.1, -0.05) is 13.3 Å². The van der Waals surface area contributed by atoms with Gasteiger partial charge in [0.15, 0.2) is 0 Å². The van der Waals surface area contributed by atoms with E-state index in [4.69, 9.17) is 18.9 Å². The number of aliphatic hydroxyl groups is 1. The van der Waals surface area contributed by atoms with Gasteiger partial charge in [-0.05, 0) is 61.3 Å². The Hall–Kier alpha value is -2.93. The van der Waals surface area contributed by atoms with Crippen LogP contribution in [0.2, 0.25) is 0 Å². The van der Waals surface area contributed by atoms with Crippen LogP contribution in [0, 0.1) is 11.8 Å². The van der Waals surface area contributed by atoms with Gasteiger partial charge in [0.25, 0.3) is 0 Å². The second kappa shape index (κ2) is 14.1. The van der Waals surface area contributed by atoms with E-state index in [1.54, 1.807) is 41.5 Å². The van der Waals surface area contributed by atoms with Crippen molar-refractivity contribution in [1.82, 2.24) is 15.8 Å². The van der Waals surface area contributed by atoms with Crippen molar-refractivity contribution in [2.45, 2.75) is 117 Å². The van der Waals surface area contributed by atoms with Crippen LogP contribution in [0.1, 0.15) is 81.6 Å². The number of carbonyl (C=O) groups excluding carboxylic acids is 4. The van der Waals surface area contributed by atoms with Crippen LogP contribution in [0.3, 0.4) is 0 Å². The summed E-state index contributed by atoms with van der Waals surface area (Å²) in [5.74, 6) is -2.77. The smallest absolute Gasteiger partial charge is 0.435 e. The molecular weight excluding hydrogens is 524 g/mol. The Kier molecular flexibility index (Phi) is 12.4. The summed E-state index contributed by atoms with van der Waals surface area (Å²) in [5.41, 5.74) is -0.346. The predicted octanol–water partition coefficient (Wildman–Crippen LogP) is 2.94. The van der Waals surface area contributed by atoms with Crippen LogP contribution in [-0.4, -0.2) is 89.7 Å². The molecule has 6 atom stereocenters. The maximum atomic E-state index is 12.9. The maximum absolute atomic E-state index is 12.9. The quantitative estimate of drug-likeness (QED) is 0.124. The molecule has 0 bridgehead atoms. The van der Waals surface area contributed by atoms with Gasteiger partial charge in [0.2, 0.25) is 5.91 Å². The van der Waals surface area contributed by atoms with Crippen molar-refractivity contribution in [3.05, 3.63) is 0 Å². The van der Waals surface area contributed by atoms with Crippen LogP contribution in [0.15, 0.2) is 4.99 Å². The largest absolute Gasteiger partial charge is 0.469 e. The van der Waals surface area contributed by atoms with Crippen LogP contribution in [-0.2, 0) is 28.5 Å². The van der Waals surface area contributed by atoms with E-state index in [2.05, 4.69) is 15.7 Å². The Balaban J connectivity index is 3.57. The molecule has 0 aromatic heterocycles. The number of methoxy groups -OCH3 is 2. The maximum Gasteiger partial charge on any atom is 0.435 e. The number of ether oxygens (including phenoxy) is 4. The zero-order valence-corrected chi connectivity index (χ0v) is 25.7. The predicted molar refractivity (Wildman–Crippen MR) is 147 cm³/mol. The molecule has 0 unspecified atom stereocenters. The van der Waals surface area contributed by atoms with Crippen LogP contribution in [0.5, 0.6) is 0 Å². The fraction of sp³-hybridized carbons (Fsp3) is 0.815. The van der Waals surface area contributed by atoms with Crippen molar-refractivity contribution in [2.24, 2.45) is 16.8 Å². The van der Waals surface area contributed by atoms with Crippen molar-refractivity contribution in [1.29, 1.82) is 0 Å². The van der Waals surface area contributed by atoms with Gasteiger partial charge >= 0.3 is 18.2 Å². The Labute approximate surface area is 237 Å². The normalized spacial score (nSPS) is 23.6. The van der Waals surface area contributed by atoms with E-state index in [9.17, 15) is 24.3 Å². The summed E-state index contributed by atoms with van der Waals surface area (Å²) in [6, 6.07) is -1.57. The molecule has 1 aliphatic rings. The lowest BCUT2D eigenvalue weighted by atomic mass is 9.78. The van der Waals surface area contributed by atoms with E-state index in [-0.39, 0.29) is 12.3 Å². The van der Waals surface area contributed by atoms with Crippen molar-refractivity contribution >= 4 is 30.4 Å². The third-order valence-corrected chi connectivity index (χ3v) is 6.44. The van der Waals surface area contributed by atoms with Gasteiger partial charge in [-0.25, -0.2) is 15.0 Å². The van der Waals surface area contributed by atoms with E-state index < -0.39 is 65.0 Å².